The fourth-order valence-corrected chi connectivity index (χ4v) is 2.17. The van der Waals surface area contributed by atoms with Gasteiger partial charge >= 0.3 is 6.03 Å². The fraction of sp³-hybridized carbons (Fsp3) is 0.235. The molecule has 0 aromatic heterocycles. The van der Waals surface area contributed by atoms with E-state index in [2.05, 4.69) is 10.6 Å². The molecule has 1 atom stereocenters. The van der Waals surface area contributed by atoms with Crippen molar-refractivity contribution in [3.8, 4) is 11.1 Å². The summed E-state index contributed by atoms with van der Waals surface area (Å²) in [6.45, 7) is -0.0103. The summed E-state index contributed by atoms with van der Waals surface area (Å²) in [7, 11) is 1.42. The van der Waals surface area contributed by atoms with E-state index in [0.717, 1.165) is 6.07 Å². The third-order valence-electron chi connectivity index (χ3n) is 3.24. The van der Waals surface area contributed by atoms with Gasteiger partial charge in [-0.15, -0.1) is 0 Å². The normalized spacial score (nSPS) is 11.8. The number of nitrogens with one attached hydrogen (secondary N) is 2. The molecule has 2 aromatic carbocycles. The van der Waals surface area contributed by atoms with Gasteiger partial charge in [-0.1, -0.05) is 30.3 Å². The summed E-state index contributed by atoms with van der Waals surface area (Å²) < 4.78 is 32.4. The number of hydrogen-bond acceptors (Lipinski definition) is 3. The Bertz CT molecular complexity index is 696. The van der Waals surface area contributed by atoms with Crippen LogP contribution in [-0.4, -0.2) is 37.5 Å². The van der Waals surface area contributed by atoms with Crippen LogP contribution in [0, 0.1) is 11.6 Å². The van der Waals surface area contributed by atoms with Crippen LogP contribution >= 0.6 is 0 Å². The summed E-state index contributed by atoms with van der Waals surface area (Å²) in [6, 6.07) is 9.71. The molecule has 2 amide bonds. The standard InChI is InChI=1S/C17H18F2N2O3/c1-24-10-13(22)9-20-17(23)21-16-14(7-12(18)8-15(16)19)11-5-3-2-4-6-11/h2-8,13,22H,9-10H2,1H3,(H2,20,21,23)/t13-/m1/s1. The maximum absolute atomic E-state index is 14.1. The summed E-state index contributed by atoms with van der Waals surface area (Å²) in [6.07, 6.45) is -0.882. The molecule has 0 bridgehead atoms. The van der Waals surface area contributed by atoms with Crippen molar-refractivity contribution in [3.05, 3.63) is 54.1 Å². The SMILES string of the molecule is COC[C@H](O)CNC(=O)Nc1c(F)cc(F)cc1-c1ccccc1. The molecular weight excluding hydrogens is 318 g/mol. The van der Waals surface area contributed by atoms with E-state index in [0.29, 0.717) is 11.6 Å². The highest BCUT2D eigenvalue weighted by Gasteiger charge is 2.16. The second-order valence-corrected chi connectivity index (χ2v) is 5.12. The molecule has 0 radical (unpaired) electrons. The van der Waals surface area contributed by atoms with E-state index >= 15 is 0 Å². The molecule has 0 spiro atoms. The molecule has 24 heavy (non-hydrogen) atoms. The first-order chi connectivity index (χ1) is 11.5. The molecule has 0 saturated heterocycles. The number of urea groups is 1. The molecule has 7 heteroatoms. The zero-order valence-electron chi connectivity index (χ0n) is 13.1. The van der Waals surface area contributed by atoms with Crippen molar-refractivity contribution in [1.29, 1.82) is 0 Å². The lowest BCUT2D eigenvalue weighted by molar-refractivity contribution is 0.0663. The van der Waals surface area contributed by atoms with Crippen LogP contribution < -0.4 is 10.6 Å². The molecule has 5 nitrogen and oxygen atoms in total. The molecule has 0 heterocycles. The highest BCUT2D eigenvalue weighted by Crippen LogP contribution is 2.31. The number of halogens is 2. The Hall–Kier alpha value is -2.51. The quantitative estimate of drug-likeness (QED) is 0.760. The Morgan fingerprint density at radius 1 is 1.25 bits per heavy atom. The van der Waals surface area contributed by atoms with Crippen molar-refractivity contribution in [3.63, 3.8) is 0 Å². The maximum Gasteiger partial charge on any atom is 0.319 e. The molecule has 0 aliphatic carbocycles. The number of carbonyl (C=O) groups excluding carboxylic acids is 1. The molecule has 2 aromatic rings. The number of amides is 2. The van der Waals surface area contributed by atoms with Gasteiger partial charge in [0.25, 0.3) is 0 Å². The predicted octanol–water partition coefficient (Wildman–Crippen LogP) is 2.76. The summed E-state index contributed by atoms with van der Waals surface area (Å²) in [4.78, 5) is 11.9. The molecule has 0 unspecified atom stereocenters. The molecule has 2 rings (SSSR count). The van der Waals surface area contributed by atoms with Gasteiger partial charge in [-0.3, -0.25) is 0 Å². The lowest BCUT2D eigenvalue weighted by Crippen LogP contribution is -2.37. The minimum Gasteiger partial charge on any atom is -0.389 e. The van der Waals surface area contributed by atoms with Crippen molar-refractivity contribution >= 4 is 11.7 Å². The number of aliphatic hydroxyl groups excluding tert-OH is 1. The number of methoxy groups -OCH3 is 1. The molecule has 128 valence electrons. The van der Waals surface area contributed by atoms with Gasteiger partial charge in [0.2, 0.25) is 0 Å². The summed E-state index contributed by atoms with van der Waals surface area (Å²) >= 11 is 0. The van der Waals surface area contributed by atoms with Crippen LogP contribution in [0.2, 0.25) is 0 Å². The minimum atomic E-state index is -0.888. The highest BCUT2D eigenvalue weighted by molar-refractivity contribution is 5.94. The highest BCUT2D eigenvalue weighted by atomic mass is 19.1. The van der Waals surface area contributed by atoms with Crippen LogP contribution in [0.25, 0.3) is 11.1 Å². The largest absolute Gasteiger partial charge is 0.389 e. The van der Waals surface area contributed by atoms with E-state index in [1.807, 2.05) is 0 Å². The smallest absolute Gasteiger partial charge is 0.319 e. The topological polar surface area (TPSA) is 70.6 Å². The lowest BCUT2D eigenvalue weighted by Gasteiger charge is -2.15. The average molecular weight is 336 g/mol. The number of anilines is 1. The van der Waals surface area contributed by atoms with Crippen LogP contribution in [0.3, 0.4) is 0 Å². The third kappa shape index (κ3) is 4.74. The van der Waals surface area contributed by atoms with Crippen molar-refractivity contribution in [2.24, 2.45) is 0 Å². The van der Waals surface area contributed by atoms with Gasteiger partial charge in [-0.2, -0.15) is 0 Å². The van der Waals surface area contributed by atoms with Crippen LogP contribution in [-0.2, 0) is 4.74 Å². The van der Waals surface area contributed by atoms with Gasteiger partial charge in [-0.25, -0.2) is 13.6 Å². The average Bonchev–Trinajstić information content (AvgIpc) is 2.56. The molecule has 0 aliphatic rings. The summed E-state index contributed by atoms with van der Waals surface area (Å²) in [5, 5.41) is 14.3. The van der Waals surface area contributed by atoms with E-state index in [9.17, 15) is 18.7 Å². The predicted molar refractivity (Wildman–Crippen MR) is 86.7 cm³/mol. The number of aliphatic hydroxyl groups is 1. The van der Waals surface area contributed by atoms with Crippen LogP contribution in [0.1, 0.15) is 0 Å². The maximum atomic E-state index is 14.1. The third-order valence-corrected chi connectivity index (χ3v) is 3.24. The first kappa shape index (κ1) is 17.8. The number of carbonyl (C=O) groups is 1. The van der Waals surface area contributed by atoms with Gasteiger partial charge in [0, 0.05) is 25.3 Å². The molecule has 0 fully saturated rings. The second-order valence-electron chi connectivity index (χ2n) is 5.12. The number of hydrogen-bond donors (Lipinski definition) is 3. The zero-order valence-corrected chi connectivity index (χ0v) is 13.1. The summed E-state index contributed by atoms with van der Waals surface area (Å²) in [5.41, 5.74) is 0.646. The van der Waals surface area contributed by atoms with Gasteiger partial charge in [0.05, 0.1) is 18.4 Å². The Morgan fingerprint density at radius 3 is 2.62 bits per heavy atom. The van der Waals surface area contributed by atoms with Crippen LogP contribution in [0.15, 0.2) is 42.5 Å². The number of rotatable bonds is 6. The van der Waals surface area contributed by atoms with E-state index in [-0.39, 0.29) is 24.4 Å². The fourth-order valence-electron chi connectivity index (χ4n) is 2.17. The molecule has 0 saturated carbocycles. The first-order valence-electron chi connectivity index (χ1n) is 7.27. The van der Waals surface area contributed by atoms with Gasteiger partial charge in [-0.05, 0) is 11.6 Å². The Balaban J connectivity index is 2.19. The van der Waals surface area contributed by atoms with Crippen molar-refractivity contribution < 1.29 is 23.4 Å². The van der Waals surface area contributed by atoms with Crippen molar-refractivity contribution in [2.45, 2.75) is 6.10 Å². The Morgan fingerprint density at radius 2 is 1.96 bits per heavy atom. The van der Waals surface area contributed by atoms with E-state index in [1.54, 1.807) is 30.3 Å². The molecular formula is C17H18F2N2O3. The number of benzene rings is 2. The zero-order chi connectivity index (χ0) is 17.5. The number of ether oxygens (including phenoxy) is 1. The lowest BCUT2D eigenvalue weighted by atomic mass is 10.0. The van der Waals surface area contributed by atoms with Gasteiger partial charge in [0.15, 0.2) is 0 Å². The van der Waals surface area contributed by atoms with Crippen molar-refractivity contribution in [1.82, 2.24) is 5.32 Å². The Labute approximate surface area is 138 Å². The van der Waals surface area contributed by atoms with E-state index in [1.165, 1.54) is 7.11 Å². The van der Waals surface area contributed by atoms with Crippen molar-refractivity contribution in [2.75, 3.05) is 25.6 Å². The second kappa shape index (κ2) is 8.37. The van der Waals surface area contributed by atoms with Gasteiger partial charge < -0.3 is 20.5 Å². The van der Waals surface area contributed by atoms with Gasteiger partial charge in [0.1, 0.15) is 11.6 Å². The molecule has 3 N–H and O–H groups in total. The minimum absolute atomic E-state index is 0.0560. The monoisotopic (exact) mass is 336 g/mol. The van der Waals surface area contributed by atoms with Crippen LogP contribution in [0.4, 0.5) is 19.3 Å². The Kier molecular flexibility index (Phi) is 6.22. The van der Waals surface area contributed by atoms with E-state index < -0.39 is 23.8 Å². The summed E-state index contributed by atoms with van der Waals surface area (Å²) in [5.74, 6) is -1.63. The van der Waals surface area contributed by atoms with E-state index in [4.69, 9.17) is 4.74 Å². The first-order valence-corrected chi connectivity index (χ1v) is 7.27. The molecule has 0 aliphatic heterocycles. The van der Waals surface area contributed by atoms with Crippen LogP contribution in [0.5, 0.6) is 0 Å².